The third-order valence-corrected chi connectivity index (χ3v) is 5.58. The number of hydrogen-bond donors (Lipinski definition) is 1. The summed E-state index contributed by atoms with van der Waals surface area (Å²) in [7, 11) is -1.61. The van der Waals surface area contributed by atoms with Crippen LogP contribution in [0.15, 0.2) is 24.3 Å². The lowest BCUT2D eigenvalue weighted by atomic mass is 9.93. The van der Waals surface area contributed by atoms with Gasteiger partial charge in [-0.05, 0) is 17.7 Å². The molecule has 2 aliphatic heterocycles. The fourth-order valence-corrected chi connectivity index (χ4v) is 4.06. The van der Waals surface area contributed by atoms with Gasteiger partial charge in [0.2, 0.25) is 15.9 Å². The van der Waals surface area contributed by atoms with Crippen LogP contribution < -0.4 is 9.46 Å². The number of methoxy groups -OCH3 is 1. The summed E-state index contributed by atoms with van der Waals surface area (Å²) in [6.45, 7) is 2.08. The molecule has 1 aromatic carbocycles. The zero-order valence-electron chi connectivity index (χ0n) is 14.5. The molecular weight excluding hydrogens is 344 g/mol. The highest BCUT2D eigenvalue weighted by molar-refractivity contribution is 7.88. The fourth-order valence-electron chi connectivity index (χ4n) is 3.54. The fraction of sp³-hybridized carbons (Fsp3) is 0.588. The molecule has 0 saturated carbocycles. The number of nitrogens with zero attached hydrogens (tertiary/aromatic N) is 1. The normalized spacial score (nSPS) is 25.8. The summed E-state index contributed by atoms with van der Waals surface area (Å²) in [6.07, 6.45) is 1.47. The highest BCUT2D eigenvalue weighted by Gasteiger charge is 2.45. The Morgan fingerprint density at radius 3 is 2.92 bits per heavy atom. The van der Waals surface area contributed by atoms with E-state index in [1.54, 1.807) is 7.11 Å². The van der Waals surface area contributed by atoms with Gasteiger partial charge >= 0.3 is 0 Å². The van der Waals surface area contributed by atoms with Crippen molar-refractivity contribution in [3.05, 3.63) is 29.8 Å². The van der Waals surface area contributed by atoms with Gasteiger partial charge in [-0.25, -0.2) is 13.1 Å². The van der Waals surface area contributed by atoms with E-state index in [0.717, 1.165) is 17.6 Å². The molecular formula is C17H24N2O5S. The number of ether oxygens (including phenoxy) is 2. The van der Waals surface area contributed by atoms with Crippen LogP contribution in [0.3, 0.4) is 0 Å². The Balaban J connectivity index is 1.57. The lowest BCUT2D eigenvalue weighted by molar-refractivity contribution is -0.130. The molecule has 1 aromatic rings. The molecule has 2 saturated heterocycles. The van der Waals surface area contributed by atoms with Gasteiger partial charge in [-0.3, -0.25) is 4.79 Å². The first-order valence-electron chi connectivity index (χ1n) is 8.32. The van der Waals surface area contributed by atoms with E-state index >= 15 is 0 Å². The number of carbonyl (C=O) groups is 1. The molecule has 8 heteroatoms. The molecule has 3 atom stereocenters. The Morgan fingerprint density at radius 2 is 2.20 bits per heavy atom. The Bertz CT molecular complexity index is 736. The predicted octanol–water partition coefficient (Wildman–Crippen LogP) is 0.260. The van der Waals surface area contributed by atoms with Crippen molar-refractivity contribution < 1.29 is 22.7 Å². The van der Waals surface area contributed by atoms with Crippen LogP contribution in [0.2, 0.25) is 0 Å². The molecule has 0 unspecified atom stereocenters. The second kappa shape index (κ2) is 7.31. The molecule has 0 aromatic heterocycles. The van der Waals surface area contributed by atoms with Gasteiger partial charge in [0.25, 0.3) is 0 Å². The van der Waals surface area contributed by atoms with Crippen LogP contribution in [0.25, 0.3) is 0 Å². The molecule has 2 aliphatic rings. The minimum absolute atomic E-state index is 0.000574. The Hall–Kier alpha value is -1.64. The Kier molecular flexibility index (Phi) is 5.31. The number of amides is 1. The maximum atomic E-state index is 12.6. The summed E-state index contributed by atoms with van der Waals surface area (Å²) >= 11 is 0. The molecule has 1 N–H and O–H groups in total. The summed E-state index contributed by atoms with van der Waals surface area (Å²) in [5, 5.41) is 0. The SMILES string of the molecule is COc1cccc(CC(=O)N2C[C@H]3[C@H](CNS(C)(=O)=O)CO[C@H]3C2)c1. The quantitative estimate of drug-likeness (QED) is 0.779. The molecule has 7 nitrogen and oxygen atoms in total. The van der Waals surface area contributed by atoms with Crippen LogP contribution in [0, 0.1) is 11.8 Å². The molecule has 3 rings (SSSR count). The van der Waals surface area contributed by atoms with Crippen molar-refractivity contribution in [1.82, 2.24) is 9.62 Å². The van der Waals surface area contributed by atoms with E-state index in [1.807, 2.05) is 29.2 Å². The maximum absolute atomic E-state index is 12.6. The lowest BCUT2D eigenvalue weighted by Crippen LogP contribution is -2.35. The summed E-state index contributed by atoms with van der Waals surface area (Å²) in [5.74, 6) is 1.08. The summed E-state index contributed by atoms with van der Waals surface area (Å²) in [5.41, 5.74) is 0.914. The molecule has 138 valence electrons. The van der Waals surface area contributed by atoms with Crippen molar-refractivity contribution in [2.24, 2.45) is 11.8 Å². The largest absolute Gasteiger partial charge is 0.497 e. The molecule has 1 amide bonds. The summed E-state index contributed by atoms with van der Waals surface area (Å²) < 4.78 is 36.1. The first kappa shape index (κ1) is 18.2. The number of sulfonamides is 1. The van der Waals surface area contributed by atoms with E-state index in [1.165, 1.54) is 0 Å². The molecule has 0 spiro atoms. The van der Waals surface area contributed by atoms with Crippen LogP contribution >= 0.6 is 0 Å². The van der Waals surface area contributed by atoms with E-state index in [0.29, 0.717) is 32.7 Å². The van der Waals surface area contributed by atoms with Crippen LogP contribution in [0.1, 0.15) is 5.56 Å². The topological polar surface area (TPSA) is 84.9 Å². The number of nitrogens with one attached hydrogen (secondary N) is 1. The minimum atomic E-state index is -3.22. The van der Waals surface area contributed by atoms with Crippen molar-refractivity contribution in [2.75, 3.05) is 39.6 Å². The van der Waals surface area contributed by atoms with E-state index < -0.39 is 10.0 Å². The van der Waals surface area contributed by atoms with Crippen molar-refractivity contribution in [3.63, 3.8) is 0 Å². The molecule has 25 heavy (non-hydrogen) atoms. The van der Waals surface area contributed by atoms with Gasteiger partial charge in [-0.15, -0.1) is 0 Å². The second-order valence-electron chi connectivity index (χ2n) is 6.74. The highest BCUT2D eigenvalue weighted by Crippen LogP contribution is 2.33. The number of hydrogen-bond acceptors (Lipinski definition) is 5. The minimum Gasteiger partial charge on any atom is -0.497 e. The van der Waals surface area contributed by atoms with Gasteiger partial charge in [0.15, 0.2) is 0 Å². The van der Waals surface area contributed by atoms with Gasteiger partial charge < -0.3 is 14.4 Å². The van der Waals surface area contributed by atoms with Crippen LogP contribution in [-0.4, -0.2) is 64.9 Å². The molecule has 0 aliphatic carbocycles. The van der Waals surface area contributed by atoms with Gasteiger partial charge in [0.05, 0.1) is 32.5 Å². The average Bonchev–Trinajstić information content (AvgIpc) is 3.13. The van der Waals surface area contributed by atoms with Crippen molar-refractivity contribution in [3.8, 4) is 5.75 Å². The van der Waals surface area contributed by atoms with E-state index in [-0.39, 0.29) is 23.8 Å². The van der Waals surface area contributed by atoms with Crippen LogP contribution in [0.4, 0.5) is 0 Å². The maximum Gasteiger partial charge on any atom is 0.227 e. The molecule has 0 bridgehead atoms. The average molecular weight is 368 g/mol. The van der Waals surface area contributed by atoms with Crippen LogP contribution in [-0.2, 0) is 26.0 Å². The zero-order chi connectivity index (χ0) is 18.0. The summed E-state index contributed by atoms with van der Waals surface area (Å²) in [6, 6.07) is 7.49. The third-order valence-electron chi connectivity index (χ3n) is 4.89. The number of carbonyl (C=O) groups excluding carboxylic acids is 1. The van der Waals surface area contributed by atoms with E-state index in [9.17, 15) is 13.2 Å². The van der Waals surface area contributed by atoms with Crippen molar-refractivity contribution >= 4 is 15.9 Å². The van der Waals surface area contributed by atoms with Gasteiger partial charge in [-0.1, -0.05) is 12.1 Å². The smallest absolute Gasteiger partial charge is 0.227 e. The molecule has 0 radical (unpaired) electrons. The number of rotatable bonds is 6. The number of likely N-dealkylation sites (tertiary alicyclic amines) is 1. The first-order valence-corrected chi connectivity index (χ1v) is 10.2. The van der Waals surface area contributed by atoms with E-state index in [2.05, 4.69) is 4.72 Å². The predicted molar refractivity (Wildman–Crippen MR) is 92.8 cm³/mol. The summed E-state index contributed by atoms with van der Waals surface area (Å²) in [4.78, 5) is 14.4. The van der Waals surface area contributed by atoms with Gasteiger partial charge in [-0.2, -0.15) is 0 Å². The van der Waals surface area contributed by atoms with Crippen LogP contribution in [0.5, 0.6) is 5.75 Å². The number of benzene rings is 1. The van der Waals surface area contributed by atoms with Gasteiger partial charge in [0.1, 0.15) is 5.75 Å². The first-order chi connectivity index (χ1) is 11.9. The third kappa shape index (κ3) is 4.50. The number of fused-ring (bicyclic) bond motifs is 1. The molecule has 2 fully saturated rings. The second-order valence-corrected chi connectivity index (χ2v) is 8.58. The zero-order valence-corrected chi connectivity index (χ0v) is 15.3. The highest BCUT2D eigenvalue weighted by atomic mass is 32.2. The van der Waals surface area contributed by atoms with Crippen molar-refractivity contribution in [2.45, 2.75) is 12.5 Å². The lowest BCUT2D eigenvalue weighted by Gasteiger charge is -2.20. The standard InChI is InChI=1S/C17H24N2O5S/c1-23-14-5-3-4-12(6-14)7-17(20)19-9-15-13(8-18-25(2,21)22)11-24-16(15)10-19/h3-6,13,15-16,18H,7-11H2,1-2H3/t13-,15+,16+/m1/s1. The van der Waals surface area contributed by atoms with Crippen molar-refractivity contribution in [1.29, 1.82) is 0 Å². The Labute approximate surface area is 148 Å². The molecule has 2 heterocycles. The van der Waals surface area contributed by atoms with Gasteiger partial charge in [0, 0.05) is 31.5 Å². The monoisotopic (exact) mass is 368 g/mol. The Morgan fingerprint density at radius 1 is 1.40 bits per heavy atom. The van der Waals surface area contributed by atoms with E-state index in [4.69, 9.17) is 9.47 Å².